The van der Waals surface area contributed by atoms with Crippen molar-refractivity contribution in [2.45, 2.75) is 24.3 Å². The number of amides is 3. The largest absolute Gasteiger partial charge is 0.447 e. The molecule has 1 atom stereocenters. The molecular formula is C24H20N6O3S. The van der Waals surface area contributed by atoms with Crippen LogP contribution in [0.15, 0.2) is 48.0 Å². The summed E-state index contributed by atoms with van der Waals surface area (Å²) in [5, 5.41) is 16.9. The number of benzene rings is 1. The van der Waals surface area contributed by atoms with Gasteiger partial charge in [0.1, 0.15) is 12.4 Å². The smallest absolute Gasteiger partial charge is 0.404 e. The lowest BCUT2D eigenvalue weighted by molar-refractivity contribution is 0.144. The minimum atomic E-state index is -0.950. The van der Waals surface area contributed by atoms with Gasteiger partial charge in [0.25, 0.3) is 0 Å². The first kappa shape index (κ1) is 22.8. The van der Waals surface area contributed by atoms with Crippen LogP contribution in [0, 0.1) is 23.7 Å². The van der Waals surface area contributed by atoms with E-state index in [4.69, 9.17) is 16.9 Å². The van der Waals surface area contributed by atoms with Crippen molar-refractivity contribution in [2.75, 3.05) is 11.9 Å². The van der Waals surface area contributed by atoms with Crippen LogP contribution in [0.3, 0.4) is 0 Å². The van der Waals surface area contributed by atoms with Crippen LogP contribution in [-0.2, 0) is 10.2 Å². The molecule has 3 aromatic rings. The zero-order chi connectivity index (χ0) is 24.1. The molecule has 0 saturated heterocycles. The van der Waals surface area contributed by atoms with Crippen molar-refractivity contribution in [3.63, 3.8) is 0 Å². The molecule has 1 aliphatic rings. The molecule has 0 radical (unpaired) electrons. The van der Waals surface area contributed by atoms with Crippen LogP contribution in [0.2, 0.25) is 0 Å². The Balaban J connectivity index is 1.50. The highest BCUT2D eigenvalue weighted by molar-refractivity contribution is 7.10. The van der Waals surface area contributed by atoms with Crippen LogP contribution in [0.1, 0.15) is 35.0 Å². The number of urea groups is 1. The quantitative estimate of drug-likeness (QED) is 0.448. The first-order valence-electron chi connectivity index (χ1n) is 10.3. The number of pyridine rings is 1. The molecule has 4 N–H and O–H groups in total. The third-order valence-electron chi connectivity index (χ3n) is 5.45. The Labute approximate surface area is 200 Å². The Morgan fingerprint density at radius 2 is 2.06 bits per heavy atom. The van der Waals surface area contributed by atoms with E-state index in [1.165, 1.54) is 11.3 Å². The fraction of sp³-hybridized carbons (Fsp3) is 0.208. The maximum atomic E-state index is 12.5. The Morgan fingerprint density at radius 3 is 2.68 bits per heavy atom. The molecule has 0 aliphatic heterocycles. The van der Waals surface area contributed by atoms with Crippen LogP contribution in [0.4, 0.5) is 15.4 Å². The summed E-state index contributed by atoms with van der Waals surface area (Å²) < 4.78 is 4.93. The molecular weight excluding hydrogens is 452 g/mol. The molecule has 2 aromatic heterocycles. The number of hydrogen-bond donors (Lipinski definition) is 3. The normalized spacial score (nSPS) is 14.2. The lowest BCUT2D eigenvalue weighted by Crippen LogP contribution is -2.36. The number of nitrogens with two attached hydrogens (primary N) is 1. The summed E-state index contributed by atoms with van der Waals surface area (Å²) in [7, 11) is 0. The van der Waals surface area contributed by atoms with Gasteiger partial charge < -0.3 is 15.8 Å². The minimum Gasteiger partial charge on any atom is -0.447 e. The van der Waals surface area contributed by atoms with E-state index in [-0.39, 0.29) is 6.61 Å². The van der Waals surface area contributed by atoms with Crippen molar-refractivity contribution >= 4 is 29.3 Å². The molecule has 1 aromatic carbocycles. The highest BCUT2D eigenvalue weighted by Crippen LogP contribution is 2.47. The molecule has 4 rings (SSSR count). The molecule has 34 heavy (non-hydrogen) atoms. The number of carbonyl (C=O) groups excluding carboxylic acids is 2. The first-order chi connectivity index (χ1) is 16.4. The number of nitrogens with one attached hydrogen (secondary N) is 2. The van der Waals surface area contributed by atoms with E-state index in [0.717, 1.165) is 29.7 Å². The summed E-state index contributed by atoms with van der Waals surface area (Å²) in [4.78, 5) is 32.1. The average molecular weight is 473 g/mol. The van der Waals surface area contributed by atoms with Gasteiger partial charge in [-0.15, -0.1) is 17.8 Å². The van der Waals surface area contributed by atoms with Crippen molar-refractivity contribution in [2.24, 2.45) is 5.73 Å². The van der Waals surface area contributed by atoms with Crippen molar-refractivity contribution in [3.05, 3.63) is 64.1 Å². The molecule has 1 saturated carbocycles. The highest BCUT2D eigenvalue weighted by atomic mass is 32.1. The van der Waals surface area contributed by atoms with E-state index < -0.39 is 23.6 Å². The molecule has 2 heterocycles. The maximum absolute atomic E-state index is 12.5. The van der Waals surface area contributed by atoms with Gasteiger partial charge in [-0.25, -0.2) is 14.6 Å². The minimum absolute atomic E-state index is 0.160. The number of aromatic nitrogens is 2. The van der Waals surface area contributed by atoms with E-state index in [1.54, 1.807) is 23.7 Å². The standard InChI is InChI=1S/C24H20N6O3S/c1-2-21-29-20(13-34-21)30-23(32)28-19(12-33-22(26)31)16-5-3-15(4-6-16)18-11-17(7-10-27-18)24(14-25)8-9-24/h1,3-7,10-11,13,19H,8-9,12H2,(H2,26,31)(H2,28,30,32)/t19-/m0/s1. The zero-order valence-electron chi connectivity index (χ0n) is 17.9. The summed E-state index contributed by atoms with van der Waals surface area (Å²) in [6.07, 6.45) is 7.76. The summed E-state index contributed by atoms with van der Waals surface area (Å²) >= 11 is 1.23. The topological polar surface area (TPSA) is 143 Å². The third-order valence-corrected chi connectivity index (χ3v) is 6.23. The second kappa shape index (κ2) is 9.61. The van der Waals surface area contributed by atoms with Crippen LogP contribution >= 0.6 is 11.3 Å². The van der Waals surface area contributed by atoms with Gasteiger partial charge in [0, 0.05) is 17.1 Å². The van der Waals surface area contributed by atoms with Gasteiger partial charge in [-0.3, -0.25) is 10.3 Å². The van der Waals surface area contributed by atoms with Crippen LogP contribution in [0.25, 0.3) is 11.3 Å². The molecule has 0 unspecified atom stereocenters. The first-order valence-corrected chi connectivity index (χ1v) is 11.2. The highest BCUT2D eigenvalue weighted by Gasteiger charge is 2.45. The fourth-order valence-electron chi connectivity index (χ4n) is 3.46. The van der Waals surface area contributed by atoms with E-state index in [0.29, 0.717) is 16.4 Å². The molecule has 0 spiro atoms. The van der Waals surface area contributed by atoms with Crippen LogP contribution < -0.4 is 16.4 Å². The van der Waals surface area contributed by atoms with Gasteiger partial charge in [-0.2, -0.15) is 5.26 Å². The Morgan fingerprint density at radius 1 is 1.29 bits per heavy atom. The number of carbonyl (C=O) groups is 2. The SMILES string of the molecule is C#Cc1nc(NC(=O)N[C@@H](COC(N)=O)c2ccc(-c3cc(C4(C#N)CC4)ccn3)cc2)cs1. The van der Waals surface area contributed by atoms with Crippen molar-refractivity contribution < 1.29 is 14.3 Å². The lowest BCUT2D eigenvalue weighted by atomic mass is 9.96. The van der Waals surface area contributed by atoms with Crippen molar-refractivity contribution in [1.29, 1.82) is 5.26 Å². The summed E-state index contributed by atoms with van der Waals surface area (Å²) in [6, 6.07) is 12.3. The van der Waals surface area contributed by atoms with E-state index >= 15 is 0 Å². The zero-order valence-corrected chi connectivity index (χ0v) is 18.8. The molecule has 1 fully saturated rings. The molecule has 1 aliphatic carbocycles. The van der Waals surface area contributed by atoms with Gasteiger partial charge in [0.2, 0.25) is 0 Å². The lowest BCUT2D eigenvalue weighted by Gasteiger charge is -2.19. The van der Waals surface area contributed by atoms with Crippen molar-refractivity contribution in [3.8, 4) is 29.7 Å². The number of anilines is 1. The van der Waals surface area contributed by atoms with Gasteiger partial charge in [0.15, 0.2) is 5.01 Å². The van der Waals surface area contributed by atoms with Gasteiger partial charge in [-0.05, 0) is 42.0 Å². The Bertz CT molecular complexity index is 1300. The number of thiazole rings is 1. The Hall–Kier alpha value is -4.41. The van der Waals surface area contributed by atoms with E-state index in [9.17, 15) is 14.9 Å². The van der Waals surface area contributed by atoms with E-state index in [1.807, 2.05) is 24.3 Å². The Kier molecular flexibility index (Phi) is 6.44. The summed E-state index contributed by atoms with van der Waals surface area (Å²) in [6.45, 7) is -0.160. The monoisotopic (exact) mass is 472 g/mol. The molecule has 9 nitrogen and oxygen atoms in total. The number of terminal acetylenes is 1. The number of hydrogen-bond acceptors (Lipinski definition) is 7. The number of ether oxygens (including phenoxy) is 1. The molecule has 3 amide bonds. The molecule has 10 heteroatoms. The second-order valence-electron chi connectivity index (χ2n) is 7.71. The fourth-order valence-corrected chi connectivity index (χ4v) is 4.01. The molecule has 0 bridgehead atoms. The number of primary amides is 1. The number of nitriles is 1. The number of rotatable bonds is 7. The summed E-state index contributed by atoms with van der Waals surface area (Å²) in [5.74, 6) is 2.72. The molecule has 170 valence electrons. The predicted molar refractivity (Wildman–Crippen MR) is 127 cm³/mol. The van der Waals surface area contributed by atoms with Gasteiger partial charge in [-0.1, -0.05) is 24.3 Å². The number of nitrogens with zero attached hydrogens (tertiary/aromatic N) is 3. The maximum Gasteiger partial charge on any atom is 0.404 e. The van der Waals surface area contributed by atoms with Gasteiger partial charge >= 0.3 is 12.1 Å². The van der Waals surface area contributed by atoms with Crippen LogP contribution in [0.5, 0.6) is 0 Å². The predicted octanol–water partition coefficient (Wildman–Crippen LogP) is 3.70. The van der Waals surface area contributed by atoms with Crippen LogP contribution in [-0.4, -0.2) is 28.7 Å². The van der Waals surface area contributed by atoms with E-state index in [2.05, 4.69) is 32.6 Å². The average Bonchev–Trinajstić information content (AvgIpc) is 3.53. The van der Waals surface area contributed by atoms with Crippen molar-refractivity contribution in [1.82, 2.24) is 15.3 Å². The third kappa shape index (κ3) is 5.14. The summed E-state index contributed by atoms with van der Waals surface area (Å²) in [5.41, 5.74) is 7.96. The van der Waals surface area contributed by atoms with Gasteiger partial charge in [0.05, 0.1) is 23.2 Å². The second-order valence-corrected chi connectivity index (χ2v) is 8.57.